The van der Waals surface area contributed by atoms with Crippen molar-refractivity contribution in [2.45, 2.75) is 108 Å². The molecule has 0 atom stereocenters. The zero-order valence-electron chi connectivity index (χ0n) is 20.9. The number of rotatable bonds is 12. The van der Waals surface area contributed by atoms with E-state index in [9.17, 15) is 22.0 Å². The summed E-state index contributed by atoms with van der Waals surface area (Å²) in [5.41, 5.74) is 1.71. The molecule has 3 rings (SSSR count). The Morgan fingerprint density at radius 1 is 0.629 bits per heavy atom. The molecule has 0 aliphatic heterocycles. The third-order valence-electron chi connectivity index (χ3n) is 7.63. The molecule has 0 unspecified atom stereocenters. The van der Waals surface area contributed by atoms with E-state index in [2.05, 4.69) is 19.1 Å². The fourth-order valence-electron chi connectivity index (χ4n) is 5.33. The van der Waals surface area contributed by atoms with Crippen LogP contribution < -0.4 is 0 Å². The van der Waals surface area contributed by atoms with Gasteiger partial charge in [-0.2, -0.15) is 22.0 Å². The van der Waals surface area contributed by atoms with E-state index in [0.29, 0.717) is 11.5 Å². The summed E-state index contributed by atoms with van der Waals surface area (Å²) in [6.45, 7) is 2.25. The molecule has 0 radical (unpaired) electrons. The third-order valence-corrected chi connectivity index (χ3v) is 7.63. The normalized spacial score (nSPS) is 19.1. The molecule has 2 aromatic rings. The Kier molecular flexibility index (Phi) is 10.2. The van der Waals surface area contributed by atoms with Gasteiger partial charge in [-0.1, -0.05) is 113 Å². The van der Waals surface area contributed by atoms with Crippen molar-refractivity contribution >= 4 is 0 Å². The molecule has 0 saturated heterocycles. The van der Waals surface area contributed by atoms with Crippen LogP contribution in [0.3, 0.4) is 0 Å². The molecule has 1 fully saturated rings. The number of halogens is 5. The van der Waals surface area contributed by atoms with Gasteiger partial charge in [-0.3, -0.25) is 0 Å². The summed E-state index contributed by atoms with van der Waals surface area (Å²) in [5.74, 6) is -3.45. The van der Waals surface area contributed by atoms with Gasteiger partial charge < -0.3 is 0 Å². The summed E-state index contributed by atoms with van der Waals surface area (Å²) >= 11 is 0. The van der Waals surface area contributed by atoms with Crippen LogP contribution >= 0.6 is 0 Å². The van der Waals surface area contributed by atoms with Crippen molar-refractivity contribution in [1.82, 2.24) is 0 Å². The van der Waals surface area contributed by atoms with Crippen LogP contribution in [0.5, 0.6) is 0 Å². The molecule has 5 heteroatoms. The molecule has 194 valence electrons. The van der Waals surface area contributed by atoms with E-state index < -0.39 is 17.7 Å². The van der Waals surface area contributed by atoms with Crippen molar-refractivity contribution in [3.63, 3.8) is 0 Å². The lowest BCUT2D eigenvalue weighted by molar-refractivity contribution is -0.289. The average Bonchev–Trinajstić information content (AvgIpc) is 2.85. The molecule has 0 amide bonds. The van der Waals surface area contributed by atoms with Crippen LogP contribution in [0, 0.1) is 5.92 Å². The maximum Gasteiger partial charge on any atom is 0.458 e. The molecule has 0 spiro atoms. The monoisotopic (exact) mass is 494 g/mol. The first-order valence-electron chi connectivity index (χ1n) is 13.4. The van der Waals surface area contributed by atoms with Crippen LogP contribution in [0.25, 0.3) is 11.1 Å². The maximum absolute atomic E-state index is 13.5. The largest absolute Gasteiger partial charge is 0.458 e. The molecule has 0 aromatic heterocycles. The molecule has 0 N–H and O–H groups in total. The highest BCUT2D eigenvalue weighted by molar-refractivity contribution is 5.64. The topological polar surface area (TPSA) is 0 Å². The Bertz CT molecular complexity index is 859. The lowest BCUT2D eigenvalue weighted by Gasteiger charge is -2.29. The van der Waals surface area contributed by atoms with Gasteiger partial charge in [0.15, 0.2) is 0 Å². The number of hydrogen-bond acceptors (Lipinski definition) is 0. The molecule has 35 heavy (non-hydrogen) atoms. The Balaban J connectivity index is 1.43. The van der Waals surface area contributed by atoms with Gasteiger partial charge in [0.25, 0.3) is 0 Å². The number of unbranched alkanes of at least 4 members (excludes halogenated alkanes) is 7. The molecule has 1 aliphatic carbocycles. The molecular formula is C30H39F5. The summed E-state index contributed by atoms with van der Waals surface area (Å²) in [7, 11) is 0. The number of alkyl halides is 5. The van der Waals surface area contributed by atoms with E-state index in [1.165, 1.54) is 101 Å². The molecule has 1 saturated carbocycles. The summed E-state index contributed by atoms with van der Waals surface area (Å²) in [6, 6.07) is 12.4. The molecular weight excluding hydrogens is 455 g/mol. The SMILES string of the molecule is CCCCCCCCCCC1CCC(c2ccc(-c3ccc(C(F)(F)C(F)(F)F)cc3)cc2)CC1. The fourth-order valence-corrected chi connectivity index (χ4v) is 5.33. The predicted molar refractivity (Wildman–Crippen MR) is 134 cm³/mol. The molecule has 2 aromatic carbocycles. The summed E-state index contributed by atoms with van der Waals surface area (Å²) in [5, 5.41) is 0. The van der Waals surface area contributed by atoms with Gasteiger partial charge in [-0.05, 0) is 54.2 Å². The van der Waals surface area contributed by atoms with Crippen LogP contribution in [-0.4, -0.2) is 6.18 Å². The fraction of sp³-hybridized carbons (Fsp3) is 0.600. The van der Waals surface area contributed by atoms with Gasteiger partial charge in [0.2, 0.25) is 0 Å². The second-order valence-corrected chi connectivity index (χ2v) is 10.3. The van der Waals surface area contributed by atoms with Crippen LogP contribution in [0.15, 0.2) is 48.5 Å². The van der Waals surface area contributed by atoms with Crippen molar-refractivity contribution in [2.75, 3.05) is 0 Å². The van der Waals surface area contributed by atoms with Gasteiger partial charge in [0.1, 0.15) is 0 Å². The number of hydrogen-bond donors (Lipinski definition) is 0. The minimum Gasteiger partial charge on any atom is -0.191 e. The van der Waals surface area contributed by atoms with Gasteiger partial charge >= 0.3 is 12.1 Å². The Morgan fingerprint density at radius 2 is 1.11 bits per heavy atom. The standard InChI is InChI=1S/C30H39F5/c1-2-3-4-5-6-7-8-9-10-23-11-13-24(14-12-23)25-15-17-26(18-16-25)27-19-21-28(22-20-27)29(31,32)30(33,34)35/h15-24H,2-14H2,1H3. The Hall–Kier alpha value is -1.91. The lowest BCUT2D eigenvalue weighted by atomic mass is 9.77. The third kappa shape index (κ3) is 7.79. The summed E-state index contributed by atoms with van der Waals surface area (Å²) in [4.78, 5) is 0. The van der Waals surface area contributed by atoms with Crippen molar-refractivity contribution in [3.05, 3.63) is 59.7 Å². The molecule has 0 heterocycles. The first kappa shape index (κ1) is 27.7. The first-order chi connectivity index (χ1) is 16.7. The Labute approximate surface area is 207 Å². The molecule has 0 nitrogen and oxygen atoms in total. The van der Waals surface area contributed by atoms with Crippen LogP contribution in [0.2, 0.25) is 0 Å². The zero-order valence-corrected chi connectivity index (χ0v) is 20.9. The zero-order chi connectivity index (χ0) is 25.3. The Morgan fingerprint density at radius 3 is 1.63 bits per heavy atom. The van der Waals surface area contributed by atoms with E-state index in [1.54, 1.807) is 0 Å². The quantitative estimate of drug-likeness (QED) is 0.203. The average molecular weight is 495 g/mol. The minimum atomic E-state index is -5.59. The van der Waals surface area contributed by atoms with Crippen molar-refractivity contribution in [2.24, 2.45) is 5.92 Å². The second kappa shape index (κ2) is 12.9. The first-order valence-corrected chi connectivity index (χ1v) is 13.4. The maximum atomic E-state index is 13.5. The van der Waals surface area contributed by atoms with Gasteiger partial charge in [0, 0.05) is 5.56 Å². The highest BCUT2D eigenvalue weighted by Crippen LogP contribution is 2.44. The molecule has 0 bridgehead atoms. The summed E-state index contributed by atoms with van der Waals surface area (Å²) in [6.07, 6.45) is 11.6. The van der Waals surface area contributed by atoms with E-state index >= 15 is 0 Å². The van der Waals surface area contributed by atoms with Crippen molar-refractivity contribution < 1.29 is 22.0 Å². The predicted octanol–water partition coefficient (Wildman–Crippen LogP) is 10.8. The van der Waals surface area contributed by atoms with Crippen LogP contribution in [0.1, 0.15) is 107 Å². The van der Waals surface area contributed by atoms with E-state index in [-0.39, 0.29) is 0 Å². The van der Waals surface area contributed by atoms with Gasteiger partial charge in [-0.25, -0.2) is 0 Å². The van der Waals surface area contributed by atoms with Crippen LogP contribution in [-0.2, 0) is 5.92 Å². The van der Waals surface area contributed by atoms with Crippen molar-refractivity contribution in [3.8, 4) is 11.1 Å². The second-order valence-electron chi connectivity index (χ2n) is 10.3. The van der Waals surface area contributed by atoms with Gasteiger partial charge in [0.05, 0.1) is 0 Å². The van der Waals surface area contributed by atoms with Crippen molar-refractivity contribution in [1.29, 1.82) is 0 Å². The van der Waals surface area contributed by atoms with E-state index in [0.717, 1.165) is 23.6 Å². The van der Waals surface area contributed by atoms with E-state index in [4.69, 9.17) is 0 Å². The van der Waals surface area contributed by atoms with E-state index in [1.807, 2.05) is 12.1 Å². The lowest BCUT2D eigenvalue weighted by Crippen LogP contribution is -2.33. The highest BCUT2D eigenvalue weighted by atomic mass is 19.4. The van der Waals surface area contributed by atoms with Gasteiger partial charge in [-0.15, -0.1) is 0 Å². The summed E-state index contributed by atoms with van der Waals surface area (Å²) < 4.78 is 64.8. The van der Waals surface area contributed by atoms with Crippen LogP contribution in [0.4, 0.5) is 22.0 Å². The highest BCUT2D eigenvalue weighted by Gasteiger charge is 2.58. The number of benzene rings is 2. The smallest absolute Gasteiger partial charge is 0.191 e. The molecule has 1 aliphatic rings. The minimum absolute atomic E-state index is 0.548.